The van der Waals surface area contributed by atoms with Gasteiger partial charge in [-0.15, -0.1) is 0 Å². The van der Waals surface area contributed by atoms with E-state index in [0.717, 1.165) is 33.9 Å². The highest BCUT2D eigenvalue weighted by atomic mass is 35.5. The molecule has 2 N–H and O–H groups in total. The van der Waals surface area contributed by atoms with Crippen molar-refractivity contribution in [2.45, 2.75) is 26.3 Å². The summed E-state index contributed by atoms with van der Waals surface area (Å²) >= 11 is 6.18. The lowest BCUT2D eigenvalue weighted by molar-refractivity contribution is 0.313. The maximum absolute atomic E-state index is 6.37. The normalized spacial score (nSPS) is 12.2. The highest BCUT2D eigenvalue weighted by Crippen LogP contribution is 2.30. The summed E-state index contributed by atoms with van der Waals surface area (Å²) in [7, 11) is 0. The molecule has 0 aliphatic carbocycles. The Labute approximate surface area is 125 Å². The van der Waals surface area contributed by atoms with Crippen molar-refractivity contribution in [3.63, 3.8) is 0 Å². The van der Waals surface area contributed by atoms with Gasteiger partial charge in [0.05, 0.1) is 12.6 Å². The first kappa shape index (κ1) is 14.9. The van der Waals surface area contributed by atoms with Crippen LogP contribution in [0.15, 0.2) is 42.5 Å². The summed E-state index contributed by atoms with van der Waals surface area (Å²) in [6, 6.07) is 13.6. The molecule has 3 heteroatoms. The van der Waals surface area contributed by atoms with Gasteiger partial charge in [-0.1, -0.05) is 48.9 Å². The zero-order valence-electron chi connectivity index (χ0n) is 11.9. The zero-order chi connectivity index (χ0) is 14.5. The van der Waals surface area contributed by atoms with Crippen LogP contribution >= 0.6 is 11.6 Å². The number of halogens is 1. The van der Waals surface area contributed by atoms with Crippen molar-refractivity contribution in [1.82, 2.24) is 0 Å². The van der Waals surface area contributed by atoms with Crippen molar-refractivity contribution in [1.29, 1.82) is 0 Å². The molecule has 0 saturated carbocycles. The molecule has 0 radical (unpaired) electrons. The molecular formula is C17H20ClNO. The zero-order valence-corrected chi connectivity index (χ0v) is 12.7. The molecule has 2 aromatic carbocycles. The highest BCUT2D eigenvalue weighted by molar-refractivity contribution is 6.31. The summed E-state index contributed by atoms with van der Waals surface area (Å²) in [5.74, 6) is 0.846. The fourth-order valence-corrected chi connectivity index (χ4v) is 2.25. The average molecular weight is 290 g/mol. The van der Waals surface area contributed by atoms with Crippen LogP contribution in [0.4, 0.5) is 0 Å². The molecular weight excluding hydrogens is 270 g/mol. The van der Waals surface area contributed by atoms with Crippen LogP contribution in [0.2, 0.25) is 5.02 Å². The van der Waals surface area contributed by atoms with Crippen LogP contribution in [0.5, 0.6) is 5.75 Å². The maximum Gasteiger partial charge on any atom is 0.124 e. The van der Waals surface area contributed by atoms with Gasteiger partial charge in [0.1, 0.15) is 5.75 Å². The number of hydrogen-bond acceptors (Lipinski definition) is 2. The number of ether oxygens (including phenoxy) is 1. The topological polar surface area (TPSA) is 35.2 Å². The summed E-state index contributed by atoms with van der Waals surface area (Å²) in [5, 5.41) is 0.741. The van der Waals surface area contributed by atoms with Crippen molar-refractivity contribution < 1.29 is 4.74 Å². The minimum Gasteiger partial charge on any atom is -0.493 e. The SMILES string of the molecule is CCCOc1ccccc1C(N)c1ccc(C)c(Cl)c1. The van der Waals surface area contributed by atoms with Crippen LogP contribution in [0, 0.1) is 6.92 Å². The van der Waals surface area contributed by atoms with Gasteiger partial charge in [0.15, 0.2) is 0 Å². The molecule has 106 valence electrons. The Morgan fingerprint density at radius 1 is 1.20 bits per heavy atom. The molecule has 2 nitrogen and oxygen atoms in total. The minimum atomic E-state index is -0.235. The minimum absolute atomic E-state index is 0.235. The maximum atomic E-state index is 6.37. The first-order valence-corrected chi connectivity index (χ1v) is 7.24. The smallest absolute Gasteiger partial charge is 0.124 e. The van der Waals surface area contributed by atoms with E-state index in [1.165, 1.54) is 0 Å². The molecule has 2 aromatic rings. The van der Waals surface area contributed by atoms with Crippen LogP contribution in [-0.2, 0) is 0 Å². The molecule has 1 atom stereocenters. The third-order valence-corrected chi connectivity index (χ3v) is 3.68. The van der Waals surface area contributed by atoms with E-state index in [-0.39, 0.29) is 6.04 Å². The second-order valence-electron chi connectivity index (χ2n) is 4.87. The van der Waals surface area contributed by atoms with Crippen molar-refractivity contribution in [2.24, 2.45) is 5.73 Å². The van der Waals surface area contributed by atoms with Gasteiger partial charge in [-0.05, 0) is 36.6 Å². The van der Waals surface area contributed by atoms with Crippen LogP contribution < -0.4 is 10.5 Å². The van der Waals surface area contributed by atoms with Crippen molar-refractivity contribution >= 4 is 11.6 Å². The Morgan fingerprint density at radius 2 is 1.95 bits per heavy atom. The van der Waals surface area contributed by atoms with Crippen LogP contribution in [0.3, 0.4) is 0 Å². The average Bonchev–Trinajstić information content (AvgIpc) is 2.47. The van der Waals surface area contributed by atoms with E-state index in [1.54, 1.807) is 0 Å². The summed E-state index contributed by atoms with van der Waals surface area (Å²) in [6.45, 7) is 4.76. The lowest BCUT2D eigenvalue weighted by atomic mass is 9.98. The second-order valence-corrected chi connectivity index (χ2v) is 5.28. The summed E-state index contributed by atoms with van der Waals surface area (Å²) in [4.78, 5) is 0. The predicted octanol–water partition coefficient (Wildman–Crippen LogP) is 4.49. The van der Waals surface area contributed by atoms with Gasteiger partial charge in [-0.25, -0.2) is 0 Å². The Bertz CT molecular complexity index is 583. The fourth-order valence-electron chi connectivity index (χ4n) is 2.06. The number of para-hydroxylation sites is 1. The number of hydrogen-bond donors (Lipinski definition) is 1. The molecule has 0 heterocycles. The van der Waals surface area contributed by atoms with Gasteiger partial charge in [-0.2, -0.15) is 0 Å². The molecule has 0 bridgehead atoms. The van der Waals surface area contributed by atoms with E-state index >= 15 is 0 Å². The second kappa shape index (κ2) is 6.78. The fraction of sp³-hybridized carbons (Fsp3) is 0.294. The van der Waals surface area contributed by atoms with Crippen molar-refractivity contribution in [3.05, 3.63) is 64.2 Å². The van der Waals surface area contributed by atoms with E-state index in [9.17, 15) is 0 Å². The third-order valence-electron chi connectivity index (χ3n) is 3.27. The molecule has 0 saturated heterocycles. The molecule has 0 spiro atoms. The number of aryl methyl sites for hydroxylation is 1. The van der Waals surface area contributed by atoms with Gasteiger partial charge in [0.2, 0.25) is 0 Å². The van der Waals surface area contributed by atoms with E-state index in [1.807, 2.05) is 49.4 Å². The predicted molar refractivity (Wildman–Crippen MR) is 84.4 cm³/mol. The Balaban J connectivity index is 2.32. The molecule has 0 amide bonds. The third kappa shape index (κ3) is 3.33. The van der Waals surface area contributed by atoms with E-state index in [0.29, 0.717) is 6.61 Å². The largest absolute Gasteiger partial charge is 0.493 e. The van der Waals surface area contributed by atoms with Crippen LogP contribution in [-0.4, -0.2) is 6.61 Å². The number of benzene rings is 2. The van der Waals surface area contributed by atoms with Gasteiger partial charge >= 0.3 is 0 Å². The van der Waals surface area contributed by atoms with Gasteiger partial charge in [0.25, 0.3) is 0 Å². The van der Waals surface area contributed by atoms with Crippen molar-refractivity contribution in [3.8, 4) is 5.75 Å². The lowest BCUT2D eigenvalue weighted by Gasteiger charge is -2.17. The van der Waals surface area contributed by atoms with E-state index in [2.05, 4.69) is 6.92 Å². The molecule has 0 fully saturated rings. The monoisotopic (exact) mass is 289 g/mol. The Hall–Kier alpha value is -1.51. The summed E-state index contributed by atoms with van der Waals surface area (Å²) in [5.41, 5.74) is 9.40. The Kier molecular flexibility index (Phi) is 5.05. The molecule has 0 aliphatic heterocycles. The molecule has 2 rings (SSSR count). The van der Waals surface area contributed by atoms with Crippen molar-refractivity contribution in [2.75, 3.05) is 6.61 Å². The summed E-state index contributed by atoms with van der Waals surface area (Å²) < 4.78 is 5.77. The van der Waals surface area contributed by atoms with Crippen LogP contribution in [0.25, 0.3) is 0 Å². The quantitative estimate of drug-likeness (QED) is 0.880. The van der Waals surface area contributed by atoms with E-state index < -0.39 is 0 Å². The number of nitrogens with two attached hydrogens (primary N) is 1. The molecule has 20 heavy (non-hydrogen) atoms. The van der Waals surface area contributed by atoms with Gasteiger partial charge in [-0.3, -0.25) is 0 Å². The standard InChI is InChI=1S/C17H20ClNO/c1-3-10-20-16-7-5-4-6-14(16)17(19)13-9-8-12(2)15(18)11-13/h4-9,11,17H,3,10,19H2,1-2H3. The van der Waals surface area contributed by atoms with Gasteiger partial charge in [0, 0.05) is 10.6 Å². The first-order valence-electron chi connectivity index (χ1n) is 6.86. The highest BCUT2D eigenvalue weighted by Gasteiger charge is 2.14. The first-order chi connectivity index (χ1) is 9.63. The number of rotatable bonds is 5. The van der Waals surface area contributed by atoms with Crippen LogP contribution in [0.1, 0.15) is 36.1 Å². The summed E-state index contributed by atoms with van der Waals surface area (Å²) in [6.07, 6.45) is 0.972. The van der Waals surface area contributed by atoms with E-state index in [4.69, 9.17) is 22.1 Å². The Morgan fingerprint density at radius 3 is 2.65 bits per heavy atom. The lowest BCUT2D eigenvalue weighted by Crippen LogP contribution is -2.13. The molecule has 0 aliphatic rings. The molecule has 1 unspecified atom stereocenters. The van der Waals surface area contributed by atoms with Gasteiger partial charge < -0.3 is 10.5 Å². The molecule has 0 aromatic heterocycles.